The van der Waals surface area contributed by atoms with Gasteiger partial charge >= 0.3 is 0 Å². The van der Waals surface area contributed by atoms with Gasteiger partial charge in [0, 0.05) is 30.7 Å². The Bertz CT molecular complexity index is 556. The van der Waals surface area contributed by atoms with Crippen molar-refractivity contribution in [1.29, 1.82) is 0 Å². The third kappa shape index (κ3) is 3.17. The van der Waals surface area contributed by atoms with E-state index in [-0.39, 0.29) is 0 Å². The number of aromatic nitrogens is 1. The fraction of sp³-hybridized carbons (Fsp3) is 0.471. The van der Waals surface area contributed by atoms with Crippen LogP contribution >= 0.6 is 0 Å². The minimum atomic E-state index is 0.528. The van der Waals surface area contributed by atoms with Gasteiger partial charge in [0.15, 0.2) is 0 Å². The molecule has 2 heterocycles. The molecule has 1 aromatic carbocycles. The van der Waals surface area contributed by atoms with Crippen molar-refractivity contribution >= 4 is 10.9 Å². The van der Waals surface area contributed by atoms with Gasteiger partial charge in [0.25, 0.3) is 0 Å². The first-order valence-electron chi connectivity index (χ1n) is 7.61. The molecular weight excluding hydrogens is 246 g/mol. The molecule has 0 spiro atoms. The minimum absolute atomic E-state index is 0.528. The molecule has 0 aliphatic carbocycles. The summed E-state index contributed by atoms with van der Waals surface area (Å²) in [5.41, 5.74) is 2.42. The van der Waals surface area contributed by atoms with E-state index in [1.165, 1.54) is 36.9 Å². The molecular formula is C17H23N3. The van der Waals surface area contributed by atoms with Gasteiger partial charge in [-0.05, 0) is 50.6 Å². The maximum atomic E-state index is 4.42. The highest BCUT2D eigenvalue weighted by atomic mass is 15.2. The van der Waals surface area contributed by atoms with E-state index in [0.29, 0.717) is 6.04 Å². The molecule has 1 N–H and O–H groups in total. The highest BCUT2D eigenvalue weighted by Crippen LogP contribution is 2.16. The predicted octanol–water partition coefficient (Wildman–Crippen LogP) is 2.81. The lowest BCUT2D eigenvalue weighted by molar-refractivity contribution is 0.298. The minimum Gasteiger partial charge on any atom is -0.309 e. The van der Waals surface area contributed by atoms with Crippen molar-refractivity contribution in [2.24, 2.45) is 0 Å². The van der Waals surface area contributed by atoms with E-state index >= 15 is 0 Å². The van der Waals surface area contributed by atoms with Crippen LogP contribution in [0.3, 0.4) is 0 Å². The number of nitrogens with one attached hydrogen (secondary N) is 1. The smallest absolute Gasteiger partial charge is 0.0705 e. The van der Waals surface area contributed by atoms with E-state index in [2.05, 4.69) is 46.4 Å². The number of hydrogen-bond acceptors (Lipinski definition) is 3. The number of pyridine rings is 1. The first-order chi connectivity index (χ1) is 9.83. The molecule has 0 bridgehead atoms. The number of rotatable bonds is 5. The molecule has 0 radical (unpaired) electrons. The van der Waals surface area contributed by atoms with Crippen LogP contribution in [0.25, 0.3) is 10.9 Å². The third-order valence-electron chi connectivity index (χ3n) is 4.11. The molecule has 3 nitrogen and oxygen atoms in total. The number of benzene rings is 1. The van der Waals surface area contributed by atoms with Crippen molar-refractivity contribution < 1.29 is 0 Å². The van der Waals surface area contributed by atoms with E-state index in [9.17, 15) is 0 Å². The quantitative estimate of drug-likeness (QED) is 0.904. The Labute approximate surface area is 121 Å². The average Bonchev–Trinajstić information content (AvgIpc) is 2.98. The molecule has 1 fully saturated rings. The standard InChI is InChI=1S/C17H23N3/c1-14(13-20-10-4-5-11-20)19-12-15-8-9-18-17-7-3-2-6-16(15)17/h2-3,6-9,14,19H,4-5,10-13H2,1H3. The third-order valence-corrected chi connectivity index (χ3v) is 4.11. The summed E-state index contributed by atoms with van der Waals surface area (Å²) in [5, 5.41) is 4.91. The maximum absolute atomic E-state index is 4.42. The van der Waals surface area contributed by atoms with Gasteiger partial charge in [0.1, 0.15) is 0 Å². The summed E-state index contributed by atoms with van der Waals surface area (Å²) in [4.78, 5) is 6.97. The Hall–Kier alpha value is -1.45. The number of fused-ring (bicyclic) bond motifs is 1. The molecule has 1 atom stereocenters. The first-order valence-corrected chi connectivity index (χ1v) is 7.61. The zero-order valence-electron chi connectivity index (χ0n) is 12.2. The fourth-order valence-corrected chi connectivity index (χ4v) is 3.01. The highest BCUT2D eigenvalue weighted by molar-refractivity contribution is 5.81. The van der Waals surface area contributed by atoms with Gasteiger partial charge in [-0.1, -0.05) is 18.2 Å². The van der Waals surface area contributed by atoms with Crippen LogP contribution < -0.4 is 5.32 Å². The van der Waals surface area contributed by atoms with E-state index in [1.54, 1.807) is 0 Å². The first kappa shape index (κ1) is 13.5. The topological polar surface area (TPSA) is 28.2 Å². The molecule has 3 heteroatoms. The second-order valence-corrected chi connectivity index (χ2v) is 5.78. The van der Waals surface area contributed by atoms with Crippen molar-refractivity contribution in [3.05, 3.63) is 42.1 Å². The van der Waals surface area contributed by atoms with Gasteiger partial charge in [0.05, 0.1) is 5.52 Å². The lowest BCUT2D eigenvalue weighted by Crippen LogP contribution is -2.37. The Balaban J connectivity index is 1.61. The Kier molecular flexibility index (Phi) is 4.28. The summed E-state index contributed by atoms with van der Waals surface area (Å²) in [7, 11) is 0. The fourth-order valence-electron chi connectivity index (χ4n) is 3.01. The Morgan fingerprint density at radius 3 is 2.85 bits per heavy atom. The van der Waals surface area contributed by atoms with Gasteiger partial charge in [0.2, 0.25) is 0 Å². The molecule has 1 unspecified atom stereocenters. The van der Waals surface area contributed by atoms with Gasteiger partial charge in [-0.3, -0.25) is 4.98 Å². The molecule has 3 rings (SSSR count). The van der Waals surface area contributed by atoms with E-state index in [4.69, 9.17) is 0 Å². The molecule has 1 aliphatic heterocycles. The number of para-hydroxylation sites is 1. The Morgan fingerprint density at radius 1 is 1.20 bits per heavy atom. The zero-order valence-corrected chi connectivity index (χ0v) is 12.2. The lowest BCUT2D eigenvalue weighted by Gasteiger charge is -2.21. The van der Waals surface area contributed by atoms with Gasteiger partial charge < -0.3 is 10.2 Å². The van der Waals surface area contributed by atoms with E-state index in [0.717, 1.165) is 18.6 Å². The van der Waals surface area contributed by atoms with Crippen LogP contribution in [-0.4, -0.2) is 35.6 Å². The maximum Gasteiger partial charge on any atom is 0.0705 e. The molecule has 1 aliphatic rings. The van der Waals surface area contributed by atoms with Crippen molar-refractivity contribution in [3.8, 4) is 0 Å². The normalized spacial score (nSPS) is 17.6. The average molecular weight is 269 g/mol. The number of hydrogen-bond donors (Lipinski definition) is 1. The predicted molar refractivity (Wildman–Crippen MR) is 83.7 cm³/mol. The van der Waals surface area contributed by atoms with Gasteiger partial charge in [-0.25, -0.2) is 0 Å². The van der Waals surface area contributed by atoms with Crippen LogP contribution in [0.15, 0.2) is 36.5 Å². The summed E-state index contributed by atoms with van der Waals surface area (Å²) in [6.07, 6.45) is 4.63. The molecule has 106 valence electrons. The largest absolute Gasteiger partial charge is 0.309 e. The van der Waals surface area contributed by atoms with Crippen LogP contribution in [-0.2, 0) is 6.54 Å². The summed E-state index contributed by atoms with van der Waals surface area (Å²) in [6, 6.07) is 11.0. The van der Waals surface area contributed by atoms with Crippen molar-refractivity contribution in [3.63, 3.8) is 0 Å². The van der Waals surface area contributed by atoms with Gasteiger partial charge in [-0.15, -0.1) is 0 Å². The molecule has 0 saturated carbocycles. The highest BCUT2D eigenvalue weighted by Gasteiger charge is 2.14. The lowest BCUT2D eigenvalue weighted by atomic mass is 10.1. The van der Waals surface area contributed by atoms with Crippen LogP contribution in [0.2, 0.25) is 0 Å². The SMILES string of the molecule is CC(CN1CCCC1)NCc1ccnc2ccccc12. The van der Waals surface area contributed by atoms with Crippen molar-refractivity contribution in [2.75, 3.05) is 19.6 Å². The summed E-state index contributed by atoms with van der Waals surface area (Å²) in [5.74, 6) is 0. The second-order valence-electron chi connectivity index (χ2n) is 5.78. The summed E-state index contributed by atoms with van der Waals surface area (Å²) < 4.78 is 0. The monoisotopic (exact) mass is 269 g/mol. The van der Waals surface area contributed by atoms with Crippen LogP contribution in [0.1, 0.15) is 25.3 Å². The second kappa shape index (κ2) is 6.33. The van der Waals surface area contributed by atoms with Crippen molar-refractivity contribution in [1.82, 2.24) is 15.2 Å². The van der Waals surface area contributed by atoms with E-state index in [1.807, 2.05) is 12.3 Å². The Morgan fingerprint density at radius 2 is 2.00 bits per heavy atom. The number of nitrogens with zero attached hydrogens (tertiary/aromatic N) is 2. The van der Waals surface area contributed by atoms with Crippen LogP contribution in [0.5, 0.6) is 0 Å². The van der Waals surface area contributed by atoms with Crippen LogP contribution in [0.4, 0.5) is 0 Å². The molecule has 20 heavy (non-hydrogen) atoms. The molecule has 0 amide bonds. The summed E-state index contributed by atoms with van der Waals surface area (Å²) in [6.45, 7) is 6.89. The van der Waals surface area contributed by atoms with E-state index < -0.39 is 0 Å². The molecule has 2 aromatic rings. The number of likely N-dealkylation sites (tertiary alicyclic amines) is 1. The van der Waals surface area contributed by atoms with Crippen molar-refractivity contribution in [2.45, 2.75) is 32.4 Å². The zero-order chi connectivity index (χ0) is 13.8. The molecule has 1 aromatic heterocycles. The summed E-state index contributed by atoms with van der Waals surface area (Å²) >= 11 is 0. The van der Waals surface area contributed by atoms with Crippen LogP contribution in [0, 0.1) is 0 Å². The van der Waals surface area contributed by atoms with Gasteiger partial charge in [-0.2, -0.15) is 0 Å². The molecule has 1 saturated heterocycles.